The van der Waals surface area contributed by atoms with E-state index < -0.39 is 12.1 Å². The van der Waals surface area contributed by atoms with Gasteiger partial charge in [0.15, 0.2) is 6.20 Å². The molecule has 4 amide bonds. The summed E-state index contributed by atoms with van der Waals surface area (Å²) in [5.74, 6) is -0.592. The lowest BCUT2D eigenvalue weighted by molar-refractivity contribution is -0.673. The van der Waals surface area contributed by atoms with Gasteiger partial charge in [0.1, 0.15) is 24.7 Å². The molecule has 53 heavy (non-hydrogen) atoms. The molecule has 0 N–H and O–H groups in total. The van der Waals surface area contributed by atoms with Crippen LogP contribution in [0.5, 0.6) is 0 Å². The Labute approximate surface area is 317 Å². The van der Waals surface area contributed by atoms with Crippen LogP contribution in [0.3, 0.4) is 0 Å². The predicted molar refractivity (Wildman–Crippen MR) is 208 cm³/mol. The van der Waals surface area contributed by atoms with Crippen molar-refractivity contribution in [1.29, 1.82) is 0 Å². The minimum Gasteiger partial charge on any atom is -0.341 e. The Kier molecular flexibility index (Phi) is 14.2. The van der Waals surface area contributed by atoms with Crippen LogP contribution < -0.4 is 4.57 Å². The fourth-order valence-electron chi connectivity index (χ4n) is 8.01. The number of rotatable bonds is 16. The van der Waals surface area contributed by atoms with E-state index in [4.69, 9.17) is 0 Å². The first-order chi connectivity index (χ1) is 25.6. The van der Waals surface area contributed by atoms with E-state index in [2.05, 4.69) is 24.3 Å². The number of nitrogens with zero attached hydrogens (tertiary/aromatic N) is 5. The Hall–Kier alpha value is -4.53. The smallest absolute Gasteiger partial charge is 0.319 e. The molecule has 2 aromatic carbocycles. The van der Waals surface area contributed by atoms with Gasteiger partial charge in [-0.25, -0.2) is 0 Å². The summed E-state index contributed by atoms with van der Waals surface area (Å²) in [4.78, 5) is 64.4. The molecule has 284 valence electrons. The second-order valence-electron chi connectivity index (χ2n) is 15.5. The van der Waals surface area contributed by atoms with Crippen molar-refractivity contribution >= 4 is 23.6 Å². The van der Waals surface area contributed by atoms with E-state index in [0.29, 0.717) is 37.2 Å². The highest BCUT2D eigenvalue weighted by Crippen LogP contribution is 2.23. The zero-order valence-electron chi connectivity index (χ0n) is 32.6. The summed E-state index contributed by atoms with van der Waals surface area (Å²) in [6.07, 6.45) is 8.65. The van der Waals surface area contributed by atoms with Gasteiger partial charge < -0.3 is 19.6 Å². The quantitative estimate of drug-likeness (QED) is 0.171. The van der Waals surface area contributed by atoms with Crippen molar-refractivity contribution in [2.24, 2.45) is 18.9 Å². The maximum Gasteiger partial charge on any atom is 0.319 e. The Bertz CT molecular complexity index is 1670. The van der Waals surface area contributed by atoms with Crippen molar-refractivity contribution < 1.29 is 23.7 Å². The second kappa shape index (κ2) is 19.0. The topological polar surface area (TPSA) is 85.1 Å². The Morgan fingerprint density at radius 1 is 0.604 bits per heavy atom. The number of aryl methyl sites for hydroxylation is 3. The van der Waals surface area contributed by atoms with Crippen LogP contribution >= 0.6 is 0 Å². The molecule has 2 aliphatic rings. The van der Waals surface area contributed by atoms with E-state index >= 15 is 0 Å². The van der Waals surface area contributed by atoms with Crippen LogP contribution in [0.25, 0.3) is 0 Å². The molecule has 9 heteroatoms. The first kappa shape index (κ1) is 39.7. The number of aromatic nitrogens is 1. The number of amides is 4. The summed E-state index contributed by atoms with van der Waals surface area (Å²) in [5.41, 5.74) is 3.21. The molecule has 2 atom stereocenters. The highest BCUT2D eigenvalue weighted by Gasteiger charge is 2.40. The molecular weight excluding hydrogens is 663 g/mol. The van der Waals surface area contributed by atoms with Crippen molar-refractivity contribution in [3.63, 3.8) is 0 Å². The third-order valence-electron chi connectivity index (χ3n) is 10.8. The van der Waals surface area contributed by atoms with E-state index in [1.54, 1.807) is 39.7 Å². The van der Waals surface area contributed by atoms with E-state index in [9.17, 15) is 19.2 Å². The van der Waals surface area contributed by atoms with Gasteiger partial charge in [0.2, 0.25) is 11.8 Å². The van der Waals surface area contributed by atoms with Gasteiger partial charge in [-0.2, -0.15) is 4.57 Å². The van der Waals surface area contributed by atoms with Crippen molar-refractivity contribution in [2.45, 2.75) is 91.1 Å². The Morgan fingerprint density at radius 3 is 1.42 bits per heavy atom. The molecule has 3 aromatic rings. The Morgan fingerprint density at radius 2 is 1.02 bits per heavy atom. The molecule has 9 nitrogen and oxygen atoms in total. The van der Waals surface area contributed by atoms with Gasteiger partial charge in [-0.05, 0) is 80.4 Å². The second-order valence-corrected chi connectivity index (χ2v) is 15.5. The van der Waals surface area contributed by atoms with Gasteiger partial charge in [-0.3, -0.25) is 19.2 Å². The fraction of sp³-hybridized carbons (Fsp3) is 0.523. The number of pyridine rings is 1. The van der Waals surface area contributed by atoms with Crippen LogP contribution in [-0.2, 0) is 29.5 Å². The van der Waals surface area contributed by atoms with Crippen LogP contribution in [-0.4, -0.2) is 94.6 Å². The molecule has 1 aromatic heterocycles. The van der Waals surface area contributed by atoms with Gasteiger partial charge in [0, 0.05) is 45.3 Å². The van der Waals surface area contributed by atoms with E-state index in [1.165, 1.54) is 11.1 Å². The van der Waals surface area contributed by atoms with Gasteiger partial charge in [-0.15, -0.1) is 0 Å². The first-order valence-corrected chi connectivity index (χ1v) is 19.8. The van der Waals surface area contributed by atoms with Crippen molar-refractivity contribution in [3.8, 4) is 0 Å². The van der Waals surface area contributed by atoms with E-state index in [-0.39, 0.29) is 35.5 Å². The number of carbonyl (C=O) groups excluding carboxylic acids is 4. The SMILES string of the molecule is CC(C)[C@@H](C(=O)N1CCCC1)N(CCCc1ccccc1)C(=O)c1ccc(C(=O)N(CCCc2ccccc2)[C@H](C(=O)N2CCCC2)C(C)C)[n+](C)c1. The first-order valence-electron chi connectivity index (χ1n) is 19.8. The van der Waals surface area contributed by atoms with Crippen LogP contribution in [0.2, 0.25) is 0 Å². The monoisotopic (exact) mass is 722 g/mol. The average Bonchev–Trinajstić information content (AvgIpc) is 3.90. The molecule has 3 heterocycles. The maximum atomic E-state index is 14.6. The lowest BCUT2D eigenvalue weighted by Gasteiger charge is -2.36. The Balaban J connectivity index is 1.42. The maximum absolute atomic E-state index is 14.6. The average molecular weight is 723 g/mol. The lowest BCUT2D eigenvalue weighted by Crippen LogP contribution is -2.55. The number of likely N-dealkylation sites (tertiary alicyclic amines) is 2. The number of benzene rings is 2. The lowest BCUT2D eigenvalue weighted by atomic mass is 9.98. The third-order valence-corrected chi connectivity index (χ3v) is 10.8. The highest BCUT2D eigenvalue weighted by molar-refractivity contribution is 5.99. The van der Waals surface area contributed by atoms with Gasteiger partial charge in [0.25, 0.3) is 11.6 Å². The number of hydrogen-bond donors (Lipinski definition) is 0. The van der Waals surface area contributed by atoms with Crippen LogP contribution in [0.1, 0.15) is 98.2 Å². The molecule has 0 bridgehead atoms. The summed E-state index contributed by atoms with van der Waals surface area (Å²) in [5, 5.41) is 0. The van der Waals surface area contributed by atoms with Gasteiger partial charge >= 0.3 is 5.91 Å². The molecule has 0 aliphatic carbocycles. The van der Waals surface area contributed by atoms with Crippen molar-refractivity contribution in [1.82, 2.24) is 19.6 Å². The zero-order chi connectivity index (χ0) is 37.9. The van der Waals surface area contributed by atoms with Gasteiger partial charge in [0.05, 0.1) is 0 Å². The van der Waals surface area contributed by atoms with Gasteiger partial charge in [-0.1, -0.05) is 88.4 Å². The van der Waals surface area contributed by atoms with Crippen LogP contribution in [0, 0.1) is 11.8 Å². The fourth-order valence-corrected chi connectivity index (χ4v) is 8.01. The van der Waals surface area contributed by atoms with Crippen molar-refractivity contribution in [2.75, 3.05) is 39.3 Å². The summed E-state index contributed by atoms with van der Waals surface area (Å²) in [6.45, 7) is 11.8. The summed E-state index contributed by atoms with van der Waals surface area (Å²) >= 11 is 0. The third kappa shape index (κ3) is 10.1. The standard InChI is InChI=1S/C44H60N5O4/c1-33(2)39(43(52)46-26-12-13-27-46)48(30-16-22-35-18-8-6-9-19-35)41(50)37-24-25-38(45(5)32-37)42(51)49(31-17-23-36-20-10-7-11-21-36)40(34(3)4)44(53)47-28-14-15-29-47/h6-11,18-21,24-25,32-34,39-40H,12-17,22-23,26-31H2,1-5H3/q+1/t39-,40-/m0/s1. The number of carbonyl (C=O) groups is 4. The summed E-state index contributed by atoms with van der Waals surface area (Å²) < 4.78 is 1.71. The zero-order valence-corrected chi connectivity index (χ0v) is 32.6. The molecule has 2 fully saturated rings. The molecule has 0 radical (unpaired) electrons. The van der Waals surface area contributed by atoms with Crippen LogP contribution in [0.4, 0.5) is 0 Å². The summed E-state index contributed by atoms with van der Waals surface area (Å²) in [6, 6.07) is 22.7. The molecular formula is C44H60N5O4+. The van der Waals surface area contributed by atoms with Crippen LogP contribution in [0.15, 0.2) is 79.0 Å². The predicted octanol–water partition coefficient (Wildman–Crippen LogP) is 5.96. The van der Waals surface area contributed by atoms with E-state index in [0.717, 1.165) is 64.7 Å². The largest absolute Gasteiger partial charge is 0.341 e. The minimum atomic E-state index is -0.596. The number of hydrogen-bond acceptors (Lipinski definition) is 4. The molecule has 5 rings (SSSR count). The summed E-state index contributed by atoms with van der Waals surface area (Å²) in [7, 11) is 1.79. The molecule has 2 aliphatic heterocycles. The van der Waals surface area contributed by atoms with Crippen molar-refractivity contribution in [3.05, 3.63) is 101 Å². The molecule has 2 saturated heterocycles. The minimum absolute atomic E-state index is 0.00792. The molecule has 0 saturated carbocycles. The molecule has 0 unspecified atom stereocenters. The van der Waals surface area contributed by atoms with E-state index in [1.807, 2.05) is 73.9 Å². The highest BCUT2D eigenvalue weighted by atomic mass is 16.2. The normalized spacial score (nSPS) is 15.5. The molecule has 0 spiro atoms.